The number of hydrogen-bond acceptors (Lipinski definition) is 4. The van der Waals surface area contributed by atoms with Crippen molar-refractivity contribution in [2.75, 3.05) is 26.2 Å². The Morgan fingerprint density at radius 1 is 1.14 bits per heavy atom. The van der Waals surface area contributed by atoms with Crippen molar-refractivity contribution in [3.05, 3.63) is 0 Å². The maximum absolute atomic E-state index is 12.7. The average molecular weight is 330 g/mol. The van der Waals surface area contributed by atoms with Gasteiger partial charge in [-0.25, -0.2) is 4.79 Å². The summed E-state index contributed by atoms with van der Waals surface area (Å²) >= 11 is 0. The Morgan fingerprint density at radius 2 is 1.82 bits per heavy atom. The smallest absolute Gasteiger partial charge is 0.322 e. The van der Waals surface area contributed by atoms with Gasteiger partial charge in [0, 0.05) is 26.2 Å². The molecule has 3 aliphatic heterocycles. The van der Waals surface area contributed by atoms with Crippen LogP contribution in [-0.4, -0.2) is 60.7 Å². The molecule has 1 spiro atoms. The van der Waals surface area contributed by atoms with Crippen molar-refractivity contribution in [2.24, 2.45) is 5.92 Å². The van der Waals surface area contributed by atoms with Crippen LogP contribution >= 0.6 is 0 Å². The molecule has 22 heavy (non-hydrogen) atoms. The highest BCUT2D eigenvalue weighted by molar-refractivity contribution is 7.86. The zero-order valence-corrected chi connectivity index (χ0v) is 13.5. The highest BCUT2D eigenvalue weighted by Gasteiger charge is 2.49. The van der Waals surface area contributed by atoms with Crippen LogP contribution in [-0.2, 0) is 15.0 Å². The minimum Gasteiger partial charge on any atom is -0.323 e. The number of piperidine rings is 2. The second-order valence-electron chi connectivity index (χ2n) is 6.50. The first kappa shape index (κ1) is 15.7. The summed E-state index contributed by atoms with van der Waals surface area (Å²) in [5, 5.41) is 4.88. The number of hydrogen-bond donors (Lipinski definition) is 2. The lowest BCUT2D eigenvalue weighted by atomic mass is 9.89. The molecule has 0 aromatic carbocycles. The Kier molecular flexibility index (Phi) is 3.90. The number of carbonyl (C=O) groups is 2. The van der Waals surface area contributed by atoms with E-state index in [4.69, 9.17) is 0 Å². The third-order valence-electron chi connectivity index (χ3n) is 4.86. The first-order chi connectivity index (χ1) is 10.3. The van der Waals surface area contributed by atoms with Gasteiger partial charge in [-0.15, -0.1) is 0 Å². The number of carbonyl (C=O) groups excluding carboxylic acids is 2. The Labute approximate surface area is 130 Å². The monoisotopic (exact) mass is 330 g/mol. The van der Waals surface area contributed by atoms with Crippen LogP contribution in [0.5, 0.6) is 0 Å². The number of rotatable bonds is 2. The fraction of sp³-hybridized carbons (Fsp3) is 0.846. The van der Waals surface area contributed by atoms with E-state index in [1.807, 2.05) is 0 Å². The lowest BCUT2D eigenvalue weighted by Crippen LogP contribution is -2.58. The number of amides is 3. The molecule has 0 bridgehead atoms. The van der Waals surface area contributed by atoms with Crippen LogP contribution in [0.15, 0.2) is 0 Å². The quantitative estimate of drug-likeness (QED) is 0.675. The van der Waals surface area contributed by atoms with Crippen molar-refractivity contribution in [1.82, 2.24) is 19.2 Å². The normalized spacial score (nSPS) is 30.3. The van der Waals surface area contributed by atoms with E-state index in [1.165, 1.54) is 4.31 Å². The molecule has 0 unspecified atom stereocenters. The van der Waals surface area contributed by atoms with Crippen molar-refractivity contribution < 1.29 is 18.0 Å². The first-order valence-electron chi connectivity index (χ1n) is 7.72. The van der Waals surface area contributed by atoms with E-state index in [-0.39, 0.29) is 19.0 Å². The number of nitrogens with one attached hydrogen (secondary N) is 2. The standard InChI is InChI=1S/C13H22N4O4S/c1-10-3-2-6-17(9-10)22(20,21)16-7-4-13(5-8-16)11(18)14-12(19)15-13/h10H,2-9H2,1H3,(H2,14,15,18,19)/t10-/m1/s1. The molecular formula is C13H22N4O4S. The molecule has 2 N–H and O–H groups in total. The van der Waals surface area contributed by atoms with Gasteiger partial charge in [0.15, 0.2) is 0 Å². The third-order valence-corrected chi connectivity index (χ3v) is 6.86. The maximum Gasteiger partial charge on any atom is 0.322 e. The van der Waals surface area contributed by atoms with Crippen molar-refractivity contribution in [2.45, 2.75) is 38.1 Å². The molecule has 3 aliphatic rings. The highest BCUT2D eigenvalue weighted by Crippen LogP contribution is 2.29. The summed E-state index contributed by atoms with van der Waals surface area (Å²) in [6.07, 6.45) is 2.57. The van der Waals surface area contributed by atoms with E-state index in [9.17, 15) is 18.0 Å². The molecule has 124 valence electrons. The Morgan fingerprint density at radius 3 is 2.36 bits per heavy atom. The van der Waals surface area contributed by atoms with Gasteiger partial charge in [-0.1, -0.05) is 6.92 Å². The van der Waals surface area contributed by atoms with Gasteiger partial charge in [0.1, 0.15) is 5.54 Å². The number of imide groups is 1. The molecule has 3 amide bonds. The molecule has 1 atom stereocenters. The van der Waals surface area contributed by atoms with Crippen molar-refractivity contribution in [3.63, 3.8) is 0 Å². The Hall–Kier alpha value is -1.19. The van der Waals surface area contributed by atoms with Gasteiger partial charge in [-0.05, 0) is 31.6 Å². The lowest BCUT2D eigenvalue weighted by molar-refractivity contribution is -0.125. The molecule has 0 aromatic heterocycles. The van der Waals surface area contributed by atoms with Crippen LogP contribution in [0.25, 0.3) is 0 Å². The zero-order chi connectivity index (χ0) is 16.0. The summed E-state index contributed by atoms with van der Waals surface area (Å²) < 4.78 is 28.4. The molecule has 0 aliphatic carbocycles. The molecule has 3 rings (SSSR count). The molecule has 0 saturated carbocycles. The van der Waals surface area contributed by atoms with Crippen LogP contribution in [0.2, 0.25) is 0 Å². The second kappa shape index (κ2) is 5.47. The Bertz CT molecular complexity index is 583. The van der Waals surface area contributed by atoms with Crippen molar-refractivity contribution in [1.29, 1.82) is 0 Å². The number of urea groups is 1. The largest absolute Gasteiger partial charge is 0.323 e. The summed E-state index contributed by atoms with van der Waals surface area (Å²) in [4.78, 5) is 23.2. The zero-order valence-electron chi connectivity index (χ0n) is 12.7. The van der Waals surface area contributed by atoms with Crippen molar-refractivity contribution in [3.8, 4) is 0 Å². The van der Waals surface area contributed by atoms with Crippen LogP contribution < -0.4 is 10.6 Å². The van der Waals surface area contributed by atoms with E-state index < -0.39 is 21.8 Å². The molecule has 3 fully saturated rings. The predicted molar refractivity (Wildman–Crippen MR) is 79.1 cm³/mol. The van der Waals surface area contributed by atoms with Gasteiger partial charge >= 0.3 is 6.03 Å². The van der Waals surface area contributed by atoms with Crippen LogP contribution in [0.3, 0.4) is 0 Å². The Balaban J connectivity index is 1.68. The molecule has 3 heterocycles. The summed E-state index contributed by atoms with van der Waals surface area (Å²) in [6, 6.07) is -0.494. The van der Waals surface area contributed by atoms with E-state index in [0.717, 1.165) is 12.8 Å². The maximum atomic E-state index is 12.7. The van der Waals surface area contributed by atoms with Gasteiger partial charge in [0.25, 0.3) is 16.1 Å². The highest BCUT2D eigenvalue weighted by atomic mass is 32.2. The van der Waals surface area contributed by atoms with E-state index in [0.29, 0.717) is 31.8 Å². The van der Waals surface area contributed by atoms with Gasteiger partial charge < -0.3 is 5.32 Å². The SMILES string of the molecule is C[C@@H]1CCCN(S(=O)(=O)N2CCC3(CC2)NC(=O)NC3=O)C1. The minimum absolute atomic E-state index is 0.251. The van der Waals surface area contributed by atoms with Crippen LogP contribution in [0.1, 0.15) is 32.6 Å². The van der Waals surface area contributed by atoms with E-state index >= 15 is 0 Å². The summed E-state index contributed by atoms with van der Waals surface area (Å²) in [5.74, 6) is 0.0284. The fourth-order valence-corrected chi connectivity index (χ4v) is 5.27. The molecule has 8 nitrogen and oxygen atoms in total. The molecular weight excluding hydrogens is 308 g/mol. The van der Waals surface area contributed by atoms with Gasteiger partial charge in [-0.3, -0.25) is 10.1 Å². The molecule has 0 aromatic rings. The van der Waals surface area contributed by atoms with E-state index in [2.05, 4.69) is 17.6 Å². The third kappa shape index (κ3) is 2.61. The topological polar surface area (TPSA) is 98.8 Å². The minimum atomic E-state index is -3.47. The first-order valence-corrected chi connectivity index (χ1v) is 9.12. The van der Waals surface area contributed by atoms with Crippen LogP contribution in [0.4, 0.5) is 4.79 Å². The average Bonchev–Trinajstić information content (AvgIpc) is 2.73. The number of nitrogens with zero attached hydrogens (tertiary/aromatic N) is 2. The van der Waals surface area contributed by atoms with Gasteiger partial charge in [0.2, 0.25) is 0 Å². The summed E-state index contributed by atoms with van der Waals surface area (Å²) in [6.45, 7) is 3.68. The lowest BCUT2D eigenvalue weighted by Gasteiger charge is -2.40. The van der Waals surface area contributed by atoms with Crippen LogP contribution in [0, 0.1) is 5.92 Å². The predicted octanol–water partition coefficient (Wildman–Crippen LogP) is -0.363. The second-order valence-corrected chi connectivity index (χ2v) is 8.43. The fourth-order valence-electron chi connectivity index (χ4n) is 3.50. The molecule has 3 saturated heterocycles. The molecule has 9 heteroatoms. The summed E-state index contributed by atoms with van der Waals surface area (Å²) in [5.41, 5.74) is -0.932. The van der Waals surface area contributed by atoms with Gasteiger partial charge in [-0.2, -0.15) is 17.0 Å². The van der Waals surface area contributed by atoms with Crippen molar-refractivity contribution >= 4 is 22.1 Å². The van der Waals surface area contributed by atoms with Gasteiger partial charge in [0.05, 0.1) is 0 Å². The van der Waals surface area contributed by atoms with E-state index in [1.54, 1.807) is 4.31 Å². The summed E-state index contributed by atoms with van der Waals surface area (Å²) in [7, 11) is -3.47. The molecule has 0 radical (unpaired) electrons.